The van der Waals surface area contributed by atoms with E-state index < -0.39 is 0 Å². The molecule has 2 rings (SSSR count). The van der Waals surface area contributed by atoms with Gasteiger partial charge in [0, 0.05) is 24.8 Å². The summed E-state index contributed by atoms with van der Waals surface area (Å²) < 4.78 is 5.31. The van der Waals surface area contributed by atoms with E-state index in [0.29, 0.717) is 11.5 Å². The number of phenolic OH excluding ortho intramolecular Hbond substituents is 1. The van der Waals surface area contributed by atoms with E-state index in [2.05, 4.69) is 5.32 Å². The molecule has 1 aromatic rings. The number of halogens is 1. The Bertz CT molecular complexity index is 458. The highest BCUT2D eigenvalue weighted by molar-refractivity contribution is 6.32. The van der Waals surface area contributed by atoms with Crippen LogP contribution in [0.3, 0.4) is 0 Å². The number of amides is 1. The van der Waals surface area contributed by atoms with E-state index in [9.17, 15) is 9.90 Å². The smallest absolute Gasteiger partial charge is 0.251 e. The van der Waals surface area contributed by atoms with Crippen molar-refractivity contribution in [3.63, 3.8) is 0 Å². The molecule has 19 heavy (non-hydrogen) atoms. The van der Waals surface area contributed by atoms with Crippen LogP contribution in [0.1, 0.15) is 30.1 Å². The van der Waals surface area contributed by atoms with Gasteiger partial charge in [0.2, 0.25) is 0 Å². The Morgan fingerprint density at radius 3 is 2.79 bits per heavy atom. The third-order valence-electron chi connectivity index (χ3n) is 3.54. The normalized spacial score (nSPS) is 18.0. The Morgan fingerprint density at radius 2 is 2.16 bits per heavy atom. The molecule has 0 spiro atoms. The van der Waals surface area contributed by atoms with Crippen LogP contribution in [0.4, 0.5) is 0 Å². The zero-order valence-corrected chi connectivity index (χ0v) is 11.6. The fourth-order valence-electron chi connectivity index (χ4n) is 2.27. The molecule has 1 atom stereocenters. The lowest BCUT2D eigenvalue weighted by molar-refractivity contribution is 0.0538. The van der Waals surface area contributed by atoms with Crippen molar-refractivity contribution in [3.05, 3.63) is 28.8 Å². The summed E-state index contributed by atoms with van der Waals surface area (Å²) in [6, 6.07) is 4.57. The number of nitrogens with one attached hydrogen (secondary N) is 1. The molecule has 0 aliphatic carbocycles. The van der Waals surface area contributed by atoms with Gasteiger partial charge in [-0.3, -0.25) is 4.79 Å². The largest absolute Gasteiger partial charge is 0.506 e. The van der Waals surface area contributed by atoms with Gasteiger partial charge in [-0.1, -0.05) is 11.6 Å². The molecule has 1 unspecified atom stereocenters. The number of hydrogen-bond acceptors (Lipinski definition) is 3. The van der Waals surface area contributed by atoms with Gasteiger partial charge >= 0.3 is 0 Å². The van der Waals surface area contributed by atoms with Crippen molar-refractivity contribution in [1.29, 1.82) is 0 Å². The predicted octanol–water partition coefficient (Wildman–Crippen LogP) is 2.59. The molecule has 0 bridgehead atoms. The Morgan fingerprint density at radius 1 is 1.47 bits per heavy atom. The van der Waals surface area contributed by atoms with E-state index in [1.807, 2.05) is 6.92 Å². The van der Waals surface area contributed by atoms with Gasteiger partial charge in [-0.15, -0.1) is 0 Å². The first-order chi connectivity index (χ1) is 9.08. The highest BCUT2D eigenvalue weighted by Crippen LogP contribution is 2.24. The molecule has 0 radical (unpaired) electrons. The summed E-state index contributed by atoms with van der Waals surface area (Å²) in [5.74, 6) is 0.266. The Balaban J connectivity index is 1.97. The molecule has 1 aromatic carbocycles. The lowest BCUT2D eigenvalue weighted by Crippen LogP contribution is -2.40. The second-order valence-corrected chi connectivity index (χ2v) is 5.29. The van der Waals surface area contributed by atoms with Gasteiger partial charge in [0.1, 0.15) is 5.75 Å². The van der Waals surface area contributed by atoms with Crippen molar-refractivity contribution in [3.8, 4) is 5.75 Å². The molecule has 5 heteroatoms. The maximum absolute atomic E-state index is 12.1. The van der Waals surface area contributed by atoms with Crippen molar-refractivity contribution in [2.45, 2.75) is 25.8 Å². The third kappa shape index (κ3) is 3.61. The fraction of sp³-hybridized carbons (Fsp3) is 0.500. The van der Waals surface area contributed by atoms with Crippen molar-refractivity contribution < 1.29 is 14.6 Å². The number of carbonyl (C=O) groups is 1. The van der Waals surface area contributed by atoms with Crippen LogP contribution in [0.25, 0.3) is 0 Å². The first-order valence-corrected chi connectivity index (χ1v) is 6.83. The van der Waals surface area contributed by atoms with Crippen LogP contribution in [0.15, 0.2) is 18.2 Å². The molecular weight excluding hydrogens is 266 g/mol. The van der Waals surface area contributed by atoms with Crippen molar-refractivity contribution in [2.75, 3.05) is 13.2 Å². The summed E-state index contributed by atoms with van der Waals surface area (Å²) in [4.78, 5) is 12.1. The maximum atomic E-state index is 12.1. The summed E-state index contributed by atoms with van der Waals surface area (Å²) in [6.45, 7) is 3.53. The number of benzene rings is 1. The van der Waals surface area contributed by atoms with E-state index in [0.717, 1.165) is 26.1 Å². The summed E-state index contributed by atoms with van der Waals surface area (Å²) >= 11 is 5.80. The lowest BCUT2D eigenvalue weighted by Gasteiger charge is -2.28. The van der Waals surface area contributed by atoms with Crippen LogP contribution in [0.5, 0.6) is 5.75 Å². The molecule has 1 fully saturated rings. The van der Waals surface area contributed by atoms with E-state index in [4.69, 9.17) is 16.3 Å². The predicted molar refractivity (Wildman–Crippen MR) is 73.6 cm³/mol. The number of phenols is 1. The monoisotopic (exact) mass is 283 g/mol. The van der Waals surface area contributed by atoms with E-state index >= 15 is 0 Å². The molecule has 1 saturated heterocycles. The molecule has 0 saturated carbocycles. The molecule has 4 nitrogen and oxygen atoms in total. The molecule has 1 aliphatic rings. The van der Waals surface area contributed by atoms with Crippen LogP contribution in [-0.4, -0.2) is 30.3 Å². The Hall–Kier alpha value is -1.26. The number of carbonyl (C=O) groups excluding carboxylic acids is 1. The van der Waals surface area contributed by atoms with Crippen LogP contribution >= 0.6 is 11.6 Å². The maximum Gasteiger partial charge on any atom is 0.251 e. The van der Waals surface area contributed by atoms with E-state index in [-0.39, 0.29) is 22.7 Å². The molecular formula is C14H18ClNO3. The molecule has 0 aromatic heterocycles. The van der Waals surface area contributed by atoms with Gasteiger partial charge in [-0.25, -0.2) is 0 Å². The van der Waals surface area contributed by atoms with Crippen LogP contribution in [0.2, 0.25) is 5.02 Å². The average Bonchev–Trinajstić information content (AvgIpc) is 2.42. The minimum absolute atomic E-state index is 0.0179. The van der Waals surface area contributed by atoms with Crippen molar-refractivity contribution >= 4 is 17.5 Å². The highest BCUT2D eigenvalue weighted by Gasteiger charge is 2.22. The third-order valence-corrected chi connectivity index (χ3v) is 3.84. The summed E-state index contributed by atoms with van der Waals surface area (Å²) in [6.07, 6.45) is 1.94. The summed E-state index contributed by atoms with van der Waals surface area (Å²) in [5, 5.41) is 12.5. The highest BCUT2D eigenvalue weighted by atomic mass is 35.5. The minimum Gasteiger partial charge on any atom is -0.506 e. The van der Waals surface area contributed by atoms with Gasteiger partial charge in [0.05, 0.1) is 5.02 Å². The number of rotatable bonds is 3. The van der Waals surface area contributed by atoms with Gasteiger partial charge in [-0.2, -0.15) is 0 Å². The fourth-order valence-corrected chi connectivity index (χ4v) is 2.45. The number of aromatic hydroxyl groups is 1. The average molecular weight is 284 g/mol. The van der Waals surface area contributed by atoms with Crippen LogP contribution in [-0.2, 0) is 4.74 Å². The van der Waals surface area contributed by atoms with Crippen molar-refractivity contribution in [2.24, 2.45) is 5.92 Å². The molecule has 1 aliphatic heterocycles. The molecule has 1 amide bonds. The second kappa shape index (κ2) is 6.26. The summed E-state index contributed by atoms with van der Waals surface area (Å²) in [7, 11) is 0. The molecule has 2 N–H and O–H groups in total. The topological polar surface area (TPSA) is 58.6 Å². The van der Waals surface area contributed by atoms with Gasteiger partial charge < -0.3 is 15.2 Å². The molecule has 104 valence electrons. The van der Waals surface area contributed by atoms with Crippen LogP contribution in [0, 0.1) is 5.92 Å². The molecule has 1 heterocycles. The second-order valence-electron chi connectivity index (χ2n) is 4.88. The lowest BCUT2D eigenvalue weighted by atomic mass is 9.93. The van der Waals surface area contributed by atoms with Gasteiger partial charge in [0.25, 0.3) is 5.91 Å². The first kappa shape index (κ1) is 14.2. The number of ether oxygens (including phenoxy) is 1. The number of hydrogen-bond donors (Lipinski definition) is 2. The zero-order valence-electron chi connectivity index (χ0n) is 10.9. The minimum atomic E-state index is -0.166. The van der Waals surface area contributed by atoms with Gasteiger partial charge in [-0.05, 0) is 43.9 Å². The quantitative estimate of drug-likeness (QED) is 0.896. The SMILES string of the molecule is CC(NC(=O)c1ccc(O)c(Cl)c1)C1CCOCC1. The Kier molecular flexibility index (Phi) is 4.66. The van der Waals surface area contributed by atoms with Gasteiger partial charge in [0.15, 0.2) is 0 Å². The zero-order chi connectivity index (χ0) is 13.8. The summed E-state index contributed by atoms with van der Waals surface area (Å²) in [5.41, 5.74) is 0.460. The Labute approximate surface area is 117 Å². The van der Waals surface area contributed by atoms with E-state index in [1.54, 1.807) is 6.07 Å². The standard InChI is InChI=1S/C14H18ClNO3/c1-9(10-4-6-19-7-5-10)16-14(18)11-2-3-13(17)12(15)8-11/h2-3,8-10,17H,4-7H2,1H3,(H,16,18). The van der Waals surface area contributed by atoms with E-state index in [1.165, 1.54) is 12.1 Å². The van der Waals surface area contributed by atoms with Crippen LogP contribution < -0.4 is 5.32 Å². The van der Waals surface area contributed by atoms with Crippen molar-refractivity contribution in [1.82, 2.24) is 5.32 Å². The first-order valence-electron chi connectivity index (χ1n) is 6.45.